The SMILES string of the molecule is CN=C(NCCCc1ccccc1)NCC(C)CN1CCN(C)CC1.I. The van der Waals surface area contributed by atoms with Crippen molar-refractivity contribution in [2.75, 3.05) is 59.9 Å². The van der Waals surface area contributed by atoms with Crippen LogP contribution in [0, 0.1) is 5.92 Å². The topological polar surface area (TPSA) is 42.9 Å². The van der Waals surface area contributed by atoms with Crippen molar-refractivity contribution in [2.24, 2.45) is 10.9 Å². The summed E-state index contributed by atoms with van der Waals surface area (Å²) < 4.78 is 0. The number of nitrogens with one attached hydrogen (secondary N) is 2. The van der Waals surface area contributed by atoms with E-state index in [4.69, 9.17) is 0 Å². The number of guanidine groups is 1. The number of aliphatic imine (C=N–C) groups is 1. The van der Waals surface area contributed by atoms with Gasteiger partial charge in [-0.3, -0.25) is 4.99 Å². The highest BCUT2D eigenvalue weighted by Gasteiger charge is 2.16. The van der Waals surface area contributed by atoms with Crippen molar-refractivity contribution in [3.05, 3.63) is 35.9 Å². The van der Waals surface area contributed by atoms with Gasteiger partial charge in [0.25, 0.3) is 0 Å². The second kappa shape index (κ2) is 13.3. The Morgan fingerprint density at radius 1 is 1.12 bits per heavy atom. The fraction of sp³-hybridized carbons (Fsp3) is 0.650. The monoisotopic (exact) mass is 473 g/mol. The largest absolute Gasteiger partial charge is 0.356 e. The molecule has 148 valence electrons. The summed E-state index contributed by atoms with van der Waals surface area (Å²) in [6, 6.07) is 10.6. The van der Waals surface area contributed by atoms with Crippen molar-refractivity contribution in [1.29, 1.82) is 0 Å². The van der Waals surface area contributed by atoms with Crippen LogP contribution in [0.2, 0.25) is 0 Å². The van der Waals surface area contributed by atoms with E-state index < -0.39 is 0 Å². The van der Waals surface area contributed by atoms with Gasteiger partial charge in [0.1, 0.15) is 0 Å². The molecular weight excluding hydrogens is 437 g/mol. The van der Waals surface area contributed by atoms with E-state index in [1.807, 2.05) is 7.05 Å². The second-order valence-corrected chi connectivity index (χ2v) is 7.18. The third-order valence-electron chi connectivity index (χ3n) is 4.78. The summed E-state index contributed by atoms with van der Waals surface area (Å²) in [7, 11) is 4.05. The van der Waals surface area contributed by atoms with Gasteiger partial charge in [-0.2, -0.15) is 0 Å². The van der Waals surface area contributed by atoms with Crippen LogP contribution in [0.25, 0.3) is 0 Å². The van der Waals surface area contributed by atoms with Gasteiger partial charge >= 0.3 is 0 Å². The summed E-state index contributed by atoms with van der Waals surface area (Å²) in [5.41, 5.74) is 1.40. The van der Waals surface area contributed by atoms with Crippen molar-refractivity contribution in [1.82, 2.24) is 20.4 Å². The summed E-state index contributed by atoms with van der Waals surface area (Å²) in [6.07, 6.45) is 2.21. The van der Waals surface area contributed by atoms with E-state index in [1.54, 1.807) is 0 Å². The van der Waals surface area contributed by atoms with E-state index >= 15 is 0 Å². The first-order valence-electron chi connectivity index (χ1n) is 9.56. The summed E-state index contributed by atoms with van der Waals surface area (Å²) in [5.74, 6) is 1.53. The number of piperazine rings is 1. The Balaban J connectivity index is 0.00000338. The molecule has 1 aliphatic rings. The fourth-order valence-corrected chi connectivity index (χ4v) is 3.17. The van der Waals surface area contributed by atoms with Crippen molar-refractivity contribution in [3.8, 4) is 0 Å². The molecule has 6 heteroatoms. The first-order valence-corrected chi connectivity index (χ1v) is 9.56. The maximum atomic E-state index is 4.34. The van der Waals surface area contributed by atoms with Crippen molar-refractivity contribution in [2.45, 2.75) is 19.8 Å². The normalized spacial score (nSPS) is 17.4. The Morgan fingerprint density at radius 2 is 1.81 bits per heavy atom. The molecule has 1 aromatic rings. The van der Waals surface area contributed by atoms with Crippen LogP contribution < -0.4 is 10.6 Å². The highest BCUT2D eigenvalue weighted by atomic mass is 127. The first-order chi connectivity index (χ1) is 12.2. The van der Waals surface area contributed by atoms with Crippen LogP contribution in [-0.2, 0) is 6.42 Å². The lowest BCUT2D eigenvalue weighted by Crippen LogP contribution is -2.47. The molecule has 0 bridgehead atoms. The van der Waals surface area contributed by atoms with Gasteiger partial charge in [0.15, 0.2) is 5.96 Å². The molecule has 1 saturated heterocycles. The fourth-order valence-electron chi connectivity index (χ4n) is 3.17. The molecule has 0 spiro atoms. The molecule has 5 nitrogen and oxygen atoms in total. The van der Waals surface area contributed by atoms with Crippen molar-refractivity contribution in [3.63, 3.8) is 0 Å². The molecule has 1 aromatic carbocycles. The Kier molecular flexibility index (Phi) is 11.9. The predicted molar refractivity (Wildman–Crippen MR) is 123 cm³/mol. The number of nitrogens with zero attached hydrogens (tertiary/aromatic N) is 3. The van der Waals surface area contributed by atoms with E-state index in [1.165, 1.54) is 31.7 Å². The van der Waals surface area contributed by atoms with Crippen LogP contribution in [0.1, 0.15) is 18.9 Å². The van der Waals surface area contributed by atoms with E-state index in [2.05, 4.69) is 69.7 Å². The zero-order valence-electron chi connectivity index (χ0n) is 16.6. The van der Waals surface area contributed by atoms with Gasteiger partial charge in [-0.1, -0.05) is 37.3 Å². The van der Waals surface area contributed by atoms with Gasteiger partial charge < -0.3 is 20.4 Å². The molecule has 0 amide bonds. The molecule has 2 rings (SSSR count). The van der Waals surface area contributed by atoms with Crippen LogP contribution >= 0.6 is 24.0 Å². The average Bonchev–Trinajstić information content (AvgIpc) is 2.64. The van der Waals surface area contributed by atoms with Gasteiger partial charge in [0.2, 0.25) is 0 Å². The molecule has 2 N–H and O–H groups in total. The molecule has 0 radical (unpaired) electrons. The lowest BCUT2D eigenvalue weighted by Gasteiger charge is -2.34. The van der Waals surface area contributed by atoms with Crippen LogP contribution in [0.4, 0.5) is 0 Å². The number of rotatable bonds is 8. The Morgan fingerprint density at radius 3 is 2.46 bits per heavy atom. The molecule has 1 aliphatic heterocycles. The molecule has 1 heterocycles. The summed E-state index contributed by atoms with van der Waals surface area (Å²) >= 11 is 0. The van der Waals surface area contributed by atoms with Crippen molar-refractivity contribution >= 4 is 29.9 Å². The minimum Gasteiger partial charge on any atom is -0.356 e. The molecule has 1 atom stereocenters. The van der Waals surface area contributed by atoms with Gasteiger partial charge in [-0.25, -0.2) is 0 Å². The molecule has 1 unspecified atom stereocenters. The summed E-state index contributed by atoms with van der Waals surface area (Å²) in [4.78, 5) is 9.31. The molecule has 26 heavy (non-hydrogen) atoms. The Labute approximate surface area is 176 Å². The summed E-state index contributed by atoms with van der Waals surface area (Å²) in [5, 5.41) is 6.89. The maximum absolute atomic E-state index is 4.34. The Bertz CT molecular complexity index is 500. The van der Waals surface area contributed by atoms with E-state index in [0.29, 0.717) is 5.92 Å². The predicted octanol–water partition coefficient (Wildman–Crippen LogP) is 2.29. The van der Waals surface area contributed by atoms with Crippen LogP contribution in [0.15, 0.2) is 35.3 Å². The van der Waals surface area contributed by atoms with Gasteiger partial charge in [0, 0.05) is 52.9 Å². The molecule has 0 aromatic heterocycles. The number of halogens is 1. The number of hydrogen-bond donors (Lipinski definition) is 2. The van der Waals surface area contributed by atoms with Crippen molar-refractivity contribution < 1.29 is 0 Å². The van der Waals surface area contributed by atoms with E-state index in [9.17, 15) is 0 Å². The Hall–Kier alpha value is -0.860. The number of benzene rings is 1. The second-order valence-electron chi connectivity index (χ2n) is 7.18. The zero-order valence-corrected chi connectivity index (χ0v) is 18.9. The maximum Gasteiger partial charge on any atom is 0.190 e. The third kappa shape index (κ3) is 9.19. The number of likely N-dealkylation sites (N-methyl/N-ethyl adjacent to an activating group) is 1. The quantitative estimate of drug-likeness (QED) is 0.263. The molecular formula is C20H36IN5. The zero-order chi connectivity index (χ0) is 17.9. The smallest absolute Gasteiger partial charge is 0.190 e. The van der Waals surface area contributed by atoms with E-state index in [0.717, 1.165) is 38.4 Å². The third-order valence-corrected chi connectivity index (χ3v) is 4.78. The highest BCUT2D eigenvalue weighted by molar-refractivity contribution is 14.0. The van der Waals surface area contributed by atoms with Crippen LogP contribution in [0.3, 0.4) is 0 Å². The lowest BCUT2D eigenvalue weighted by atomic mass is 10.1. The van der Waals surface area contributed by atoms with E-state index in [-0.39, 0.29) is 24.0 Å². The average molecular weight is 473 g/mol. The lowest BCUT2D eigenvalue weighted by molar-refractivity contribution is 0.139. The first kappa shape index (κ1) is 23.2. The molecule has 0 aliphatic carbocycles. The van der Waals surface area contributed by atoms with Gasteiger partial charge in [0.05, 0.1) is 0 Å². The highest BCUT2D eigenvalue weighted by Crippen LogP contribution is 2.04. The molecule has 1 fully saturated rings. The minimum atomic E-state index is 0. The van der Waals surface area contributed by atoms with Crippen LogP contribution in [-0.4, -0.2) is 75.7 Å². The molecule has 0 saturated carbocycles. The van der Waals surface area contributed by atoms with Crippen LogP contribution in [0.5, 0.6) is 0 Å². The number of aryl methyl sites for hydroxylation is 1. The van der Waals surface area contributed by atoms with Gasteiger partial charge in [-0.05, 0) is 31.4 Å². The summed E-state index contributed by atoms with van der Waals surface area (Å²) in [6.45, 7) is 10.1. The minimum absolute atomic E-state index is 0. The number of hydrogen-bond acceptors (Lipinski definition) is 3. The van der Waals surface area contributed by atoms with Gasteiger partial charge in [-0.15, -0.1) is 24.0 Å². The standard InChI is InChI=1S/C20H35N5.HI/c1-18(17-25-14-12-24(3)13-15-25)16-23-20(21-2)22-11-7-10-19-8-5-4-6-9-19;/h4-6,8-9,18H,7,10-17H2,1-3H3,(H2,21,22,23);1H.